The van der Waals surface area contributed by atoms with Gasteiger partial charge in [0.25, 0.3) is 0 Å². The molecule has 0 amide bonds. The van der Waals surface area contributed by atoms with Crippen LogP contribution in [0.25, 0.3) is 33.5 Å². The summed E-state index contributed by atoms with van der Waals surface area (Å²) in [4.78, 5) is 13.2. The summed E-state index contributed by atoms with van der Waals surface area (Å²) in [6.45, 7) is 0. The van der Waals surface area contributed by atoms with E-state index in [0.29, 0.717) is 28.6 Å². The maximum Gasteiger partial charge on any atom is 0.197 e. The van der Waals surface area contributed by atoms with Crippen LogP contribution in [-0.4, -0.2) is 21.1 Å². The molecule has 0 N–H and O–H groups in total. The third-order valence-electron chi connectivity index (χ3n) is 5.21. The first kappa shape index (κ1) is 17.5. The maximum atomic E-state index is 14.1. The van der Waals surface area contributed by atoms with Crippen LogP contribution in [0.4, 0.5) is 4.39 Å². The number of benzene rings is 1. The van der Waals surface area contributed by atoms with Gasteiger partial charge in [-0.2, -0.15) is 5.26 Å². The molecule has 0 bridgehead atoms. The van der Waals surface area contributed by atoms with Gasteiger partial charge in [0.05, 0.1) is 23.8 Å². The van der Waals surface area contributed by atoms with Crippen LogP contribution in [0, 0.1) is 17.2 Å². The van der Waals surface area contributed by atoms with Crippen molar-refractivity contribution in [3.63, 3.8) is 0 Å². The molecule has 1 atom stereocenters. The minimum absolute atomic E-state index is 0.141. The Morgan fingerprint density at radius 2 is 2.07 bits per heavy atom. The number of oxazole rings is 1. The van der Waals surface area contributed by atoms with Crippen molar-refractivity contribution >= 4 is 10.9 Å². The van der Waals surface area contributed by atoms with Crippen molar-refractivity contribution in [2.45, 2.75) is 25.4 Å². The summed E-state index contributed by atoms with van der Waals surface area (Å²) < 4.78 is 20.0. The summed E-state index contributed by atoms with van der Waals surface area (Å²) >= 11 is 0. The van der Waals surface area contributed by atoms with E-state index in [0.717, 1.165) is 29.3 Å². The molecule has 1 aromatic carbocycles. The van der Waals surface area contributed by atoms with Crippen molar-refractivity contribution in [3.8, 4) is 28.7 Å². The average molecular weight is 384 g/mol. The fraction of sp³-hybridized carbons (Fsp3) is 0.217. The van der Waals surface area contributed by atoms with Crippen LogP contribution in [-0.2, 0) is 6.42 Å². The molecule has 29 heavy (non-hydrogen) atoms. The lowest BCUT2D eigenvalue weighted by atomic mass is 10.0. The lowest BCUT2D eigenvalue weighted by Crippen LogP contribution is -2.06. The van der Waals surface area contributed by atoms with E-state index in [9.17, 15) is 9.65 Å². The van der Waals surface area contributed by atoms with Gasteiger partial charge in [-0.05, 0) is 43.0 Å². The van der Waals surface area contributed by atoms with Gasteiger partial charge in [0.15, 0.2) is 11.7 Å². The van der Waals surface area contributed by atoms with Crippen molar-refractivity contribution in [1.82, 2.24) is 15.0 Å². The zero-order chi connectivity index (χ0) is 19.8. The Bertz CT molecular complexity index is 1240. The van der Waals surface area contributed by atoms with Gasteiger partial charge >= 0.3 is 0 Å². The highest BCUT2D eigenvalue weighted by atomic mass is 19.1. The van der Waals surface area contributed by atoms with Crippen molar-refractivity contribution < 1.29 is 8.81 Å². The Balaban J connectivity index is 1.56. The van der Waals surface area contributed by atoms with Gasteiger partial charge in [-0.3, -0.25) is 4.98 Å². The van der Waals surface area contributed by atoms with E-state index in [-0.39, 0.29) is 12.3 Å². The lowest BCUT2D eigenvalue weighted by Gasteiger charge is -2.08. The van der Waals surface area contributed by atoms with E-state index in [2.05, 4.69) is 21.0 Å². The molecular weight excluding hydrogens is 367 g/mol. The number of nitrogens with zero attached hydrogens (tertiary/aromatic N) is 4. The first-order valence-corrected chi connectivity index (χ1v) is 9.57. The zero-order valence-electron chi connectivity index (χ0n) is 15.5. The summed E-state index contributed by atoms with van der Waals surface area (Å²) in [5, 5.41) is 10.3. The second-order valence-corrected chi connectivity index (χ2v) is 7.29. The smallest absolute Gasteiger partial charge is 0.197 e. The number of aromatic nitrogens is 3. The van der Waals surface area contributed by atoms with Gasteiger partial charge in [-0.15, -0.1) is 0 Å². The van der Waals surface area contributed by atoms with Gasteiger partial charge in [0.1, 0.15) is 17.9 Å². The Kier molecular flexibility index (Phi) is 4.28. The Labute approximate surface area is 166 Å². The molecule has 4 aromatic rings. The van der Waals surface area contributed by atoms with E-state index in [1.54, 1.807) is 24.5 Å². The van der Waals surface area contributed by atoms with Crippen molar-refractivity contribution in [2.75, 3.05) is 0 Å². The minimum atomic E-state index is -0.911. The van der Waals surface area contributed by atoms with E-state index < -0.39 is 6.17 Å². The van der Waals surface area contributed by atoms with E-state index in [1.165, 1.54) is 0 Å². The fourth-order valence-corrected chi connectivity index (χ4v) is 3.47. The molecule has 0 radical (unpaired) electrons. The van der Waals surface area contributed by atoms with Gasteiger partial charge < -0.3 is 4.42 Å². The molecule has 5 nitrogen and oxygen atoms in total. The first-order valence-electron chi connectivity index (χ1n) is 9.57. The summed E-state index contributed by atoms with van der Waals surface area (Å²) in [6, 6.07) is 15.2. The highest BCUT2D eigenvalue weighted by molar-refractivity contribution is 5.87. The molecule has 5 rings (SSSR count). The standard InChI is InChI=1S/C23H17FN4O/c24-19(14-3-4-14)11-22-27-13-21(29-22)18-8-7-17(12-25)28-23(18)16-6-5-15-2-1-9-26-20(15)10-16/h1-2,5-10,13-14,19H,3-4,11H2. The van der Waals surface area contributed by atoms with Crippen molar-refractivity contribution in [1.29, 1.82) is 5.26 Å². The Hall–Kier alpha value is -3.59. The third kappa shape index (κ3) is 3.47. The molecule has 1 fully saturated rings. The normalized spacial score (nSPS) is 14.6. The number of alkyl halides is 1. The quantitative estimate of drug-likeness (QED) is 0.478. The molecule has 6 heteroatoms. The third-order valence-corrected chi connectivity index (χ3v) is 5.21. The van der Waals surface area contributed by atoms with Crippen LogP contribution < -0.4 is 0 Å². The van der Waals surface area contributed by atoms with Gasteiger partial charge in [0, 0.05) is 22.7 Å². The molecule has 1 aliphatic carbocycles. The monoisotopic (exact) mass is 384 g/mol. The summed E-state index contributed by atoms with van der Waals surface area (Å²) in [5.41, 5.74) is 3.28. The SMILES string of the molecule is N#Cc1ccc(-c2cnc(CC(F)C3CC3)o2)c(-c2ccc3cccnc3c2)n1. The number of fused-ring (bicyclic) bond motifs is 1. The van der Waals surface area contributed by atoms with Gasteiger partial charge in [0.2, 0.25) is 0 Å². The Morgan fingerprint density at radius 3 is 2.90 bits per heavy atom. The molecule has 0 saturated heterocycles. The number of rotatable bonds is 5. The largest absolute Gasteiger partial charge is 0.441 e. The molecular formula is C23H17FN4O. The van der Waals surface area contributed by atoms with E-state index in [1.807, 2.05) is 30.3 Å². The molecule has 3 aromatic heterocycles. The van der Waals surface area contributed by atoms with Crippen LogP contribution in [0.5, 0.6) is 0 Å². The fourth-order valence-electron chi connectivity index (χ4n) is 3.47. The molecule has 0 spiro atoms. The molecule has 142 valence electrons. The summed E-state index contributed by atoms with van der Waals surface area (Å²) in [5.74, 6) is 1.04. The van der Waals surface area contributed by atoms with Crippen molar-refractivity contribution in [3.05, 3.63) is 66.4 Å². The highest BCUT2D eigenvalue weighted by Crippen LogP contribution is 2.37. The summed E-state index contributed by atoms with van der Waals surface area (Å²) in [7, 11) is 0. The number of nitriles is 1. The molecule has 0 aliphatic heterocycles. The predicted octanol–water partition coefficient (Wildman–Crippen LogP) is 5.11. The van der Waals surface area contributed by atoms with Gasteiger partial charge in [-0.25, -0.2) is 14.4 Å². The molecule has 1 saturated carbocycles. The van der Waals surface area contributed by atoms with Crippen LogP contribution in [0.3, 0.4) is 0 Å². The second kappa shape index (κ2) is 7.10. The van der Waals surface area contributed by atoms with Crippen LogP contribution in [0.15, 0.2) is 59.3 Å². The summed E-state index contributed by atoms with van der Waals surface area (Å²) in [6.07, 6.45) is 4.49. The maximum absolute atomic E-state index is 14.1. The number of pyridine rings is 2. The average Bonchev–Trinajstić information content (AvgIpc) is 3.52. The van der Waals surface area contributed by atoms with E-state index in [4.69, 9.17) is 4.42 Å². The predicted molar refractivity (Wildman–Crippen MR) is 107 cm³/mol. The van der Waals surface area contributed by atoms with Crippen LogP contribution >= 0.6 is 0 Å². The minimum Gasteiger partial charge on any atom is -0.441 e. The number of hydrogen-bond acceptors (Lipinski definition) is 5. The van der Waals surface area contributed by atoms with Crippen LogP contribution in [0.1, 0.15) is 24.4 Å². The van der Waals surface area contributed by atoms with Crippen LogP contribution in [0.2, 0.25) is 0 Å². The topological polar surface area (TPSA) is 75.6 Å². The molecule has 3 heterocycles. The second-order valence-electron chi connectivity index (χ2n) is 7.29. The lowest BCUT2D eigenvalue weighted by molar-refractivity contribution is 0.276. The zero-order valence-corrected chi connectivity index (χ0v) is 15.5. The molecule has 1 aliphatic rings. The van der Waals surface area contributed by atoms with Gasteiger partial charge in [-0.1, -0.05) is 18.2 Å². The van der Waals surface area contributed by atoms with E-state index >= 15 is 0 Å². The number of hydrogen-bond donors (Lipinski definition) is 0. The Morgan fingerprint density at radius 1 is 1.17 bits per heavy atom. The first-order chi connectivity index (χ1) is 14.2. The molecule has 1 unspecified atom stereocenters. The highest BCUT2D eigenvalue weighted by Gasteiger charge is 2.32. The number of halogens is 1. The van der Waals surface area contributed by atoms with Crippen molar-refractivity contribution in [2.24, 2.45) is 5.92 Å².